The highest BCUT2D eigenvalue weighted by molar-refractivity contribution is 5.26. The number of hydrogen-bond donors (Lipinski definition) is 0. The minimum Gasteiger partial charge on any atom is -0.0586 e. The molecule has 0 N–H and O–H groups in total. The second kappa shape index (κ2) is 2.87. The van der Waals surface area contributed by atoms with E-state index in [1.54, 1.807) is 0 Å². The lowest BCUT2D eigenvalue weighted by Crippen LogP contribution is -2.76. The first-order valence-corrected chi connectivity index (χ1v) is 7.41. The van der Waals surface area contributed by atoms with Gasteiger partial charge in [-0.05, 0) is 47.3 Å². The first-order valence-electron chi connectivity index (χ1n) is 7.41. The van der Waals surface area contributed by atoms with Gasteiger partial charge in [-0.15, -0.1) is 0 Å². The van der Waals surface area contributed by atoms with Crippen molar-refractivity contribution in [2.45, 2.75) is 79.1 Å². The van der Waals surface area contributed by atoms with Crippen molar-refractivity contribution in [1.29, 1.82) is 0 Å². The standard InChI is InChI=1S/C16H28/c1-13-9-5-6-10-14(13,2)16(4)12-8-7-11-15(13,16)3/h5-12H2,1-4H3. The number of rotatable bonds is 0. The summed E-state index contributed by atoms with van der Waals surface area (Å²) in [7, 11) is 0. The summed E-state index contributed by atoms with van der Waals surface area (Å²) in [5.74, 6) is 0. The summed E-state index contributed by atoms with van der Waals surface area (Å²) in [6, 6.07) is 0. The van der Waals surface area contributed by atoms with Crippen molar-refractivity contribution in [1.82, 2.24) is 0 Å². The molecular weight excluding hydrogens is 192 g/mol. The lowest BCUT2D eigenvalue weighted by Gasteiger charge is -2.83. The third-order valence-corrected chi connectivity index (χ3v) is 8.08. The van der Waals surface area contributed by atoms with Crippen LogP contribution in [-0.4, -0.2) is 0 Å². The van der Waals surface area contributed by atoms with Gasteiger partial charge in [0.1, 0.15) is 0 Å². The third kappa shape index (κ3) is 0.811. The lowest BCUT2D eigenvalue weighted by molar-refractivity contribution is -0.348. The molecule has 0 aliphatic heterocycles. The van der Waals surface area contributed by atoms with Crippen LogP contribution in [0.2, 0.25) is 0 Å². The van der Waals surface area contributed by atoms with Gasteiger partial charge in [-0.25, -0.2) is 0 Å². The molecule has 0 heterocycles. The smallest absolute Gasteiger partial charge is 0.0207 e. The largest absolute Gasteiger partial charge is 0.0586 e. The molecule has 0 unspecified atom stereocenters. The average molecular weight is 220 g/mol. The van der Waals surface area contributed by atoms with Gasteiger partial charge in [0.15, 0.2) is 0 Å². The normalized spacial score (nSPS) is 60.8. The molecule has 16 heavy (non-hydrogen) atoms. The molecule has 0 aromatic heterocycles. The van der Waals surface area contributed by atoms with E-state index in [-0.39, 0.29) is 0 Å². The molecule has 0 saturated heterocycles. The predicted molar refractivity (Wildman–Crippen MR) is 69.4 cm³/mol. The quantitative estimate of drug-likeness (QED) is 0.528. The van der Waals surface area contributed by atoms with E-state index in [2.05, 4.69) is 27.7 Å². The molecule has 0 amide bonds. The zero-order valence-corrected chi connectivity index (χ0v) is 11.7. The Labute approximate surface area is 101 Å². The fraction of sp³-hybridized carbons (Fsp3) is 1.00. The van der Waals surface area contributed by atoms with E-state index in [1.165, 1.54) is 51.4 Å². The van der Waals surface area contributed by atoms with Crippen LogP contribution < -0.4 is 0 Å². The first kappa shape index (κ1) is 11.1. The van der Waals surface area contributed by atoms with Gasteiger partial charge < -0.3 is 0 Å². The highest BCUT2D eigenvalue weighted by atomic mass is 14.8. The third-order valence-electron chi connectivity index (χ3n) is 8.08. The van der Waals surface area contributed by atoms with Crippen LogP contribution in [0.1, 0.15) is 79.1 Å². The van der Waals surface area contributed by atoms with Gasteiger partial charge in [0.25, 0.3) is 0 Å². The molecule has 3 rings (SSSR count). The summed E-state index contributed by atoms with van der Waals surface area (Å²) >= 11 is 0. The van der Waals surface area contributed by atoms with E-state index < -0.39 is 0 Å². The van der Waals surface area contributed by atoms with Crippen LogP contribution in [-0.2, 0) is 0 Å². The van der Waals surface area contributed by atoms with E-state index in [9.17, 15) is 0 Å². The Morgan fingerprint density at radius 2 is 0.625 bits per heavy atom. The van der Waals surface area contributed by atoms with E-state index in [1.807, 2.05) is 0 Å². The summed E-state index contributed by atoms with van der Waals surface area (Å²) in [5, 5.41) is 0. The van der Waals surface area contributed by atoms with Gasteiger partial charge in [-0.1, -0.05) is 53.4 Å². The summed E-state index contributed by atoms with van der Waals surface area (Å²) in [5.41, 5.74) is 2.58. The van der Waals surface area contributed by atoms with Crippen LogP contribution in [0.3, 0.4) is 0 Å². The van der Waals surface area contributed by atoms with Gasteiger partial charge in [-0.3, -0.25) is 0 Å². The van der Waals surface area contributed by atoms with E-state index in [4.69, 9.17) is 0 Å². The Bertz CT molecular complexity index is 240. The first-order chi connectivity index (χ1) is 7.41. The molecule has 3 fully saturated rings. The topological polar surface area (TPSA) is 0 Å². The van der Waals surface area contributed by atoms with Crippen molar-refractivity contribution < 1.29 is 0 Å². The molecule has 3 saturated carbocycles. The van der Waals surface area contributed by atoms with Crippen LogP contribution in [0.4, 0.5) is 0 Å². The second-order valence-corrected chi connectivity index (χ2v) is 7.74. The van der Waals surface area contributed by atoms with Crippen molar-refractivity contribution in [2.24, 2.45) is 21.7 Å². The zero-order chi connectivity index (χ0) is 11.7. The molecular formula is C16H28. The van der Waals surface area contributed by atoms with Crippen molar-refractivity contribution in [2.75, 3.05) is 0 Å². The summed E-state index contributed by atoms with van der Waals surface area (Å²) in [6.07, 6.45) is 11.9. The van der Waals surface area contributed by atoms with Crippen LogP contribution in [0, 0.1) is 21.7 Å². The molecule has 0 bridgehead atoms. The highest BCUT2D eigenvalue weighted by Crippen LogP contribution is 2.85. The van der Waals surface area contributed by atoms with Crippen molar-refractivity contribution >= 4 is 0 Å². The fourth-order valence-corrected chi connectivity index (χ4v) is 6.49. The number of hydrogen-bond acceptors (Lipinski definition) is 0. The molecule has 0 spiro atoms. The summed E-state index contributed by atoms with van der Waals surface area (Å²) in [6.45, 7) is 10.5. The van der Waals surface area contributed by atoms with Crippen molar-refractivity contribution in [3.63, 3.8) is 0 Å². The minimum absolute atomic E-state index is 0.646. The van der Waals surface area contributed by atoms with Gasteiger partial charge in [0, 0.05) is 0 Å². The van der Waals surface area contributed by atoms with Gasteiger partial charge in [0.2, 0.25) is 0 Å². The Morgan fingerprint density at radius 3 is 0.812 bits per heavy atom. The molecule has 92 valence electrons. The van der Waals surface area contributed by atoms with Crippen LogP contribution in [0.5, 0.6) is 0 Å². The SMILES string of the molecule is CC12CCCCC1(C)C1(C)CCCCC21C. The molecule has 0 aromatic rings. The second-order valence-electron chi connectivity index (χ2n) is 7.74. The zero-order valence-electron chi connectivity index (χ0n) is 11.7. The van der Waals surface area contributed by atoms with E-state index >= 15 is 0 Å². The lowest BCUT2D eigenvalue weighted by atomic mass is 9.21. The summed E-state index contributed by atoms with van der Waals surface area (Å²) in [4.78, 5) is 0. The Morgan fingerprint density at radius 1 is 0.438 bits per heavy atom. The predicted octanol–water partition coefficient (Wildman–Crippen LogP) is 5.17. The molecule has 0 aromatic carbocycles. The van der Waals surface area contributed by atoms with Crippen molar-refractivity contribution in [3.8, 4) is 0 Å². The molecule has 0 radical (unpaired) electrons. The van der Waals surface area contributed by atoms with Crippen LogP contribution in [0.15, 0.2) is 0 Å². The molecule has 0 nitrogen and oxygen atoms in total. The Hall–Kier alpha value is 0. The maximum absolute atomic E-state index is 2.62. The van der Waals surface area contributed by atoms with Gasteiger partial charge in [-0.2, -0.15) is 0 Å². The average Bonchev–Trinajstić information content (AvgIpc) is 2.26. The number of fused-ring (bicyclic) bond motifs is 4. The molecule has 3 aliphatic carbocycles. The Kier molecular flexibility index (Phi) is 1.99. The maximum Gasteiger partial charge on any atom is -0.0207 e. The monoisotopic (exact) mass is 220 g/mol. The Balaban J connectivity index is 2.08. The molecule has 0 atom stereocenters. The van der Waals surface area contributed by atoms with Gasteiger partial charge in [0.05, 0.1) is 0 Å². The van der Waals surface area contributed by atoms with Gasteiger partial charge >= 0.3 is 0 Å². The van der Waals surface area contributed by atoms with E-state index in [0.717, 1.165) is 0 Å². The molecule has 0 heteroatoms. The van der Waals surface area contributed by atoms with Crippen molar-refractivity contribution in [3.05, 3.63) is 0 Å². The minimum atomic E-state index is 0.646. The molecule has 3 aliphatic rings. The van der Waals surface area contributed by atoms with E-state index in [0.29, 0.717) is 21.7 Å². The van der Waals surface area contributed by atoms with Crippen LogP contribution >= 0.6 is 0 Å². The summed E-state index contributed by atoms with van der Waals surface area (Å²) < 4.78 is 0. The highest BCUT2D eigenvalue weighted by Gasteiger charge is 2.78. The fourth-order valence-electron chi connectivity index (χ4n) is 6.49. The van der Waals surface area contributed by atoms with Crippen LogP contribution in [0.25, 0.3) is 0 Å². The maximum atomic E-state index is 2.62.